The second-order valence-electron chi connectivity index (χ2n) is 6.46. The number of aromatic nitrogens is 2. The summed E-state index contributed by atoms with van der Waals surface area (Å²) in [5, 5.41) is 15.1. The molecule has 0 unspecified atom stereocenters. The zero-order valence-corrected chi connectivity index (χ0v) is 15.9. The summed E-state index contributed by atoms with van der Waals surface area (Å²) in [5.41, 5.74) is 2.62. The van der Waals surface area contributed by atoms with Crippen LogP contribution in [-0.2, 0) is 6.54 Å². The number of hydrogen-bond acceptors (Lipinski definition) is 6. The van der Waals surface area contributed by atoms with Gasteiger partial charge in [-0.2, -0.15) is 4.98 Å². The van der Waals surface area contributed by atoms with Gasteiger partial charge in [-0.1, -0.05) is 41.1 Å². The summed E-state index contributed by atoms with van der Waals surface area (Å²) in [7, 11) is 0. The normalized spacial score (nSPS) is 10.7. The van der Waals surface area contributed by atoms with E-state index in [1.807, 2.05) is 38.1 Å². The molecule has 8 nitrogen and oxygen atoms in total. The first kappa shape index (κ1) is 19.2. The van der Waals surface area contributed by atoms with E-state index in [2.05, 4.69) is 10.1 Å². The lowest BCUT2D eigenvalue weighted by molar-refractivity contribution is -0.385. The lowest BCUT2D eigenvalue weighted by Gasteiger charge is -2.18. The molecule has 0 bridgehead atoms. The summed E-state index contributed by atoms with van der Waals surface area (Å²) in [6.45, 7) is 5.96. The average Bonchev–Trinajstić information content (AvgIpc) is 3.15. The van der Waals surface area contributed by atoms with Gasteiger partial charge in [0.1, 0.15) is 6.54 Å². The van der Waals surface area contributed by atoms with Crippen LogP contribution in [0.1, 0.15) is 34.3 Å². The molecule has 144 valence electrons. The Hall–Kier alpha value is -3.55. The highest BCUT2D eigenvalue weighted by Gasteiger charge is 2.21. The van der Waals surface area contributed by atoms with Gasteiger partial charge in [0.05, 0.1) is 4.92 Å². The number of aryl methyl sites for hydroxylation is 2. The molecule has 2 aromatic carbocycles. The zero-order valence-electron chi connectivity index (χ0n) is 15.9. The summed E-state index contributed by atoms with van der Waals surface area (Å²) >= 11 is 0. The predicted octanol–water partition coefficient (Wildman–Crippen LogP) is 3.92. The fourth-order valence-electron chi connectivity index (χ4n) is 2.75. The molecule has 28 heavy (non-hydrogen) atoms. The fraction of sp³-hybridized carbons (Fsp3) is 0.250. The van der Waals surface area contributed by atoms with Crippen molar-refractivity contribution in [3.63, 3.8) is 0 Å². The van der Waals surface area contributed by atoms with Gasteiger partial charge in [0.25, 0.3) is 11.6 Å². The van der Waals surface area contributed by atoms with Crippen molar-refractivity contribution in [1.82, 2.24) is 15.0 Å². The summed E-state index contributed by atoms with van der Waals surface area (Å²) in [5.74, 6) is 0.414. The second-order valence-corrected chi connectivity index (χ2v) is 6.46. The van der Waals surface area contributed by atoms with Crippen molar-refractivity contribution in [1.29, 1.82) is 0 Å². The van der Waals surface area contributed by atoms with Crippen molar-refractivity contribution < 1.29 is 14.2 Å². The highest BCUT2D eigenvalue weighted by Crippen LogP contribution is 2.21. The first-order chi connectivity index (χ1) is 13.4. The van der Waals surface area contributed by atoms with Gasteiger partial charge >= 0.3 is 0 Å². The van der Waals surface area contributed by atoms with Crippen molar-refractivity contribution in [3.8, 4) is 11.4 Å². The van der Waals surface area contributed by atoms with Crippen LogP contribution in [-0.4, -0.2) is 32.4 Å². The van der Waals surface area contributed by atoms with Gasteiger partial charge in [0.2, 0.25) is 11.7 Å². The van der Waals surface area contributed by atoms with Crippen LogP contribution in [0.3, 0.4) is 0 Å². The van der Waals surface area contributed by atoms with Crippen LogP contribution < -0.4 is 0 Å². The molecule has 1 aromatic heterocycles. The summed E-state index contributed by atoms with van der Waals surface area (Å²) < 4.78 is 5.29. The first-order valence-corrected chi connectivity index (χ1v) is 8.83. The molecule has 0 saturated heterocycles. The lowest BCUT2D eigenvalue weighted by atomic mass is 10.1. The predicted molar refractivity (Wildman–Crippen MR) is 103 cm³/mol. The van der Waals surface area contributed by atoms with Gasteiger partial charge in [-0.3, -0.25) is 14.9 Å². The highest BCUT2D eigenvalue weighted by molar-refractivity contribution is 5.95. The van der Waals surface area contributed by atoms with E-state index in [-0.39, 0.29) is 23.7 Å². The molecule has 1 heterocycles. The minimum absolute atomic E-state index is 0.0821. The van der Waals surface area contributed by atoms with Gasteiger partial charge in [0.15, 0.2) is 0 Å². The van der Waals surface area contributed by atoms with Gasteiger partial charge in [0, 0.05) is 29.3 Å². The van der Waals surface area contributed by atoms with Crippen LogP contribution in [0.25, 0.3) is 11.4 Å². The lowest BCUT2D eigenvalue weighted by Crippen LogP contribution is -2.30. The topological polar surface area (TPSA) is 102 Å². The third kappa shape index (κ3) is 4.06. The maximum Gasteiger partial charge on any atom is 0.273 e. The Morgan fingerprint density at radius 3 is 2.54 bits per heavy atom. The number of nitrogens with zero attached hydrogens (tertiary/aromatic N) is 4. The summed E-state index contributed by atoms with van der Waals surface area (Å²) in [6, 6.07) is 12.2. The van der Waals surface area contributed by atoms with Gasteiger partial charge in [-0.05, 0) is 26.8 Å². The molecule has 0 radical (unpaired) electrons. The van der Waals surface area contributed by atoms with E-state index in [0.29, 0.717) is 23.8 Å². The van der Waals surface area contributed by atoms with E-state index in [1.54, 1.807) is 19.1 Å². The molecule has 0 aliphatic rings. The standard InChI is InChI=1S/C20H20N4O4/c1-4-23(20(25)16-10-7-14(3)17(11-16)24(26)27)12-18-21-19(22-28-18)15-8-5-13(2)6-9-15/h5-11H,4,12H2,1-3H3. The zero-order chi connectivity index (χ0) is 20.3. The number of nitro groups is 1. The highest BCUT2D eigenvalue weighted by atomic mass is 16.6. The molecule has 8 heteroatoms. The summed E-state index contributed by atoms with van der Waals surface area (Å²) in [4.78, 5) is 29.3. The van der Waals surface area contributed by atoms with E-state index in [1.165, 1.54) is 11.0 Å². The van der Waals surface area contributed by atoms with Gasteiger partial charge in [-0.25, -0.2) is 0 Å². The number of benzene rings is 2. The van der Waals surface area contributed by atoms with Crippen molar-refractivity contribution in [2.24, 2.45) is 0 Å². The second kappa shape index (κ2) is 7.99. The number of nitro benzene ring substituents is 1. The minimum atomic E-state index is -0.492. The molecule has 3 rings (SSSR count). The van der Waals surface area contributed by atoms with Gasteiger partial charge < -0.3 is 9.42 Å². The average molecular weight is 380 g/mol. The first-order valence-electron chi connectivity index (χ1n) is 8.83. The van der Waals surface area contributed by atoms with E-state index < -0.39 is 4.92 Å². The maximum absolute atomic E-state index is 12.8. The molecular weight excluding hydrogens is 360 g/mol. The molecule has 0 aliphatic heterocycles. The van der Waals surface area contributed by atoms with Crippen LogP contribution in [0.2, 0.25) is 0 Å². The molecule has 0 aliphatic carbocycles. The molecule has 0 atom stereocenters. The monoisotopic (exact) mass is 380 g/mol. The Morgan fingerprint density at radius 1 is 1.18 bits per heavy atom. The molecule has 0 saturated carbocycles. The quantitative estimate of drug-likeness (QED) is 0.474. The SMILES string of the molecule is CCN(Cc1nc(-c2ccc(C)cc2)no1)C(=O)c1ccc(C)c([N+](=O)[O-])c1. The number of hydrogen-bond donors (Lipinski definition) is 0. The Labute approximate surface area is 161 Å². The third-order valence-electron chi connectivity index (χ3n) is 4.43. The smallest absolute Gasteiger partial charge is 0.273 e. The van der Waals surface area contributed by atoms with Crippen molar-refractivity contribution in [2.45, 2.75) is 27.3 Å². The van der Waals surface area contributed by atoms with E-state index in [0.717, 1.165) is 11.1 Å². The van der Waals surface area contributed by atoms with Crippen LogP contribution in [0, 0.1) is 24.0 Å². The molecule has 0 fully saturated rings. The van der Waals surface area contributed by atoms with Crippen LogP contribution >= 0.6 is 0 Å². The largest absolute Gasteiger partial charge is 0.337 e. The fourth-order valence-corrected chi connectivity index (χ4v) is 2.75. The molecule has 0 N–H and O–H groups in total. The third-order valence-corrected chi connectivity index (χ3v) is 4.43. The van der Waals surface area contributed by atoms with Crippen LogP contribution in [0.5, 0.6) is 0 Å². The van der Waals surface area contributed by atoms with Crippen molar-refractivity contribution in [3.05, 3.63) is 75.2 Å². The molecule has 1 amide bonds. The Bertz CT molecular complexity index is 1010. The number of rotatable bonds is 6. The molecule has 3 aromatic rings. The van der Waals surface area contributed by atoms with E-state index in [9.17, 15) is 14.9 Å². The Kier molecular flexibility index (Phi) is 5.49. The number of carbonyl (C=O) groups excluding carboxylic acids is 1. The van der Waals surface area contributed by atoms with E-state index >= 15 is 0 Å². The summed E-state index contributed by atoms with van der Waals surface area (Å²) in [6.07, 6.45) is 0. The van der Waals surface area contributed by atoms with E-state index in [4.69, 9.17) is 4.52 Å². The maximum atomic E-state index is 12.8. The van der Waals surface area contributed by atoms with Crippen molar-refractivity contribution in [2.75, 3.05) is 6.54 Å². The molecule has 0 spiro atoms. The van der Waals surface area contributed by atoms with Gasteiger partial charge in [-0.15, -0.1) is 0 Å². The number of carbonyl (C=O) groups is 1. The molecular formula is C20H20N4O4. The number of amides is 1. The van der Waals surface area contributed by atoms with Crippen LogP contribution in [0.15, 0.2) is 47.0 Å². The van der Waals surface area contributed by atoms with Crippen LogP contribution in [0.4, 0.5) is 5.69 Å². The minimum Gasteiger partial charge on any atom is -0.337 e. The Morgan fingerprint density at radius 2 is 1.89 bits per heavy atom. The van der Waals surface area contributed by atoms with Crippen molar-refractivity contribution >= 4 is 11.6 Å². The Balaban J connectivity index is 1.79.